The molecule has 1 aromatic carbocycles. The van der Waals surface area contributed by atoms with Crippen molar-refractivity contribution in [2.45, 2.75) is 51.7 Å². The van der Waals surface area contributed by atoms with E-state index in [1.54, 1.807) is 6.92 Å². The number of nitrogens with one attached hydrogen (secondary N) is 1. The Hall–Kier alpha value is -1.36. The van der Waals surface area contributed by atoms with Gasteiger partial charge in [0.1, 0.15) is 5.25 Å². The average molecular weight is 325 g/mol. The van der Waals surface area contributed by atoms with Gasteiger partial charge in [-0.05, 0) is 25.8 Å². The molecule has 0 spiro atoms. The zero-order valence-corrected chi connectivity index (χ0v) is 15.0. The average Bonchev–Trinajstić information content (AvgIpc) is 2.44. The topological polar surface area (TPSA) is 63.2 Å². The molecule has 1 N–H and O–H groups in total. The fraction of sp³-hybridized carbons (Fsp3) is 0.588. The van der Waals surface area contributed by atoms with E-state index in [0.717, 1.165) is 11.1 Å². The molecule has 0 saturated carbocycles. The van der Waals surface area contributed by atoms with E-state index < -0.39 is 21.0 Å². The van der Waals surface area contributed by atoms with Crippen molar-refractivity contribution in [1.82, 2.24) is 5.32 Å². The zero-order chi connectivity index (χ0) is 17.0. The van der Waals surface area contributed by atoms with E-state index >= 15 is 0 Å². The van der Waals surface area contributed by atoms with Crippen molar-refractivity contribution in [2.24, 2.45) is 0 Å². The minimum atomic E-state index is -3.36. The number of aryl methyl sites for hydroxylation is 1. The van der Waals surface area contributed by atoms with Crippen LogP contribution in [0.2, 0.25) is 0 Å². The van der Waals surface area contributed by atoms with Gasteiger partial charge in [0.2, 0.25) is 5.91 Å². The number of carbonyl (C=O) groups is 1. The Labute approximate surface area is 134 Å². The van der Waals surface area contributed by atoms with Crippen molar-refractivity contribution < 1.29 is 13.2 Å². The molecule has 0 saturated heterocycles. The van der Waals surface area contributed by atoms with Crippen LogP contribution in [0.15, 0.2) is 24.3 Å². The first kappa shape index (κ1) is 18.7. The van der Waals surface area contributed by atoms with Crippen molar-refractivity contribution in [3.8, 4) is 0 Å². The van der Waals surface area contributed by atoms with E-state index in [2.05, 4.69) is 11.4 Å². The van der Waals surface area contributed by atoms with E-state index in [1.807, 2.05) is 39.0 Å². The molecule has 124 valence electrons. The Balaban J connectivity index is 2.74. The summed E-state index contributed by atoms with van der Waals surface area (Å²) in [4.78, 5) is 12.1. The van der Waals surface area contributed by atoms with Crippen LogP contribution in [-0.2, 0) is 20.0 Å². The summed E-state index contributed by atoms with van der Waals surface area (Å²) in [7, 11) is -3.36. The van der Waals surface area contributed by atoms with Gasteiger partial charge in [0.05, 0.1) is 5.75 Å². The van der Waals surface area contributed by atoms with Crippen molar-refractivity contribution in [1.29, 1.82) is 0 Å². The molecule has 4 nitrogen and oxygen atoms in total. The van der Waals surface area contributed by atoms with Gasteiger partial charge in [0.15, 0.2) is 9.84 Å². The molecule has 1 atom stereocenters. The number of rotatable bonds is 7. The number of hydrogen-bond acceptors (Lipinski definition) is 3. The summed E-state index contributed by atoms with van der Waals surface area (Å²) in [6.07, 6.45) is 0.523. The Morgan fingerprint density at radius 2 is 1.95 bits per heavy atom. The predicted molar refractivity (Wildman–Crippen MR) is 90.8 cm³/mol. The third-order valence-electron chi connectivity index (χ3n) is 3.90. The molecule has 0 heterocycles. The first-order valence-corrected chi connectivity index (χ1v) is 9.38. The van der Waals surface area contributed by atoms with Crippen LogP contribution in [0.1, 0.15) is 45.2 Å². The van der Waals surface area contributed by atoms with Crippen LogP contribution in [0.4, 0.5) is 0 Å². The van der Waals surface area contributed by atoms with Gasteiger partial charge in [0.25, 0.3) is 0 Å². The third kappa shape index (κ3) is 4.83. The standard InChI is InChI=1S/C17H27NO3S/c1-6-10-22(20,21)14(3)16(19)18-12-17(4,5)15-9-7-8-13(2)11-15/h7-9,11,14H,6,10,12H2,1-5H3,(H,18,19). The molecule has 0 fully saturated rings. The van der Waals surface area contributed by atoms with Gasteiger partial charge in [-0.15, -0.1) is 0 Å². The normalized spacial score (nSPS) is 13.7. The van der Waals surface area contributed by atoms with E-state index in [1.165, 1.54) is 6.92 Å². The summed E-state index contributed by atoms with van der Waals surface area (Å²) in [5, 5.41) is 1.79. The lowest BCUT2D eigenvalue weighted by atomic mass is 9.84. The van der Waals surface area contributed by atoms with Crippen LogP contribution in [0.3, 0.4) is 0 Å². The van der Waals surface area contributed by atoms with Gasteiger partial charge in [-0.25, -0.2) is 8.42 Å². The Bertz CT molecular complexity index is 621. The zero-order valence-electron chi connectivity index (χ0n) is 14.1. The van der Waals surface area contributed by atoms with Crippen molar-refractivity contribution in [2.75, 3.05) is 12.3 Å². The highest BCUT2D eigenvalue weighted by atomic mass is 32.2. The first-order valence-electron chi connectivity index (χ1n) is 7.66. The van der Waals surface area contributed by atoms with Crippen molar-refractivity contribution in [3.63, 3.8) is 0 Å². The summed E-state index contributed by atoms with van der Waals surface area (Å²) >= 11 is 0. The number of sulfone groups is 1. The molecule has 22 heavy (non-hydrogen) atoms. The summed E-state index contributed by atoms with van der Waals surface area (Å²) in [5.41, 5.74) is 2.03. The molecule has 1 rings (SSSR count). The van der Waals surface area contributed by atoms with Gasteiger partial charge in [-0.1, -0.05) is 50.6 Å². The van der Waals surface area contributed by atoms with Gasteiger partial charge in [-0.2, -0.15) is 0 Å². The fourth-order valence-electron chi connectivity index (χ4n) is 2.24. The van der Waals surface area contributed by atoms with E-state index in [9.17, 15) is 13.2 Å². The molecule has 1 aromatic rings. The highest BCUT2D eigenvalue weighted by Crippen LogP contribution is 2.23. The quantitative estimate of drug-likeness (QED) is 0.838. The second-order valence-electron chi connectivity index (χ2n) is 6.48. The Morgan fingerprint density at radius 3 is 2.50 bits per heavy atom. The van der Waals surface area contributed by atoms with Crippen molar-refractivity contribution >= 4 is 15.7 Å². The van der Waals surface area contributed by atoms with Crippen LogP contribution in [0.25, 0.3) is 0 Å². The molecule has 0 aromatic heterocycles. The smallest absolute Gasteiger partial charge is 0.238 e. The SMILES string of the molecule is CCCS(=O)(=O)C(C)C(=O)NCC(C)(C)c1cccc(C)c1. The molecule has 1 amide bonds. The lowest BCUT2D eigenvalue weighted by Gasteiger charge is -2.27. The van der Waals surface area contributed by atoms with Crippen LogP contribution >= 0.6 is 0 Å². The minimum absolute atomic E-state index is 0.0445. The van der Waals surface area contributed by atoms with E-state index in [0.29, 0.717) is 13.0 Å². The first-order chi connectivity index (χ1) is 10.1. The van der Waals surface area contributed by atoms with Crippen LogP contribution in [0, 0.1) is 6.92 Å². The predicted octanol–water partition coefficient (Wildman–Crippen LogP) is 2.60. The van der Waals surface area contributed by atoms with Crippen LogP contribution < -0.4 is 5.32 Å². The van der Waals surface area contributed by atoms with E-state index in [-0.39, 0.29) is 11.2 Å². The molecule has 0 aliphatic rings. The highest BCUT2D eigenvalue weighted by molar-refractivity contribution is 7.92. The van der Waals surface area contributed by atoms with Crippen LogP contribution in [0.5, 0.6) is 0 Å². The summed E-state index contributed by atoms with van der Waals surface area (Å²) in [6, 6.07) is 8.12. The molecule has 1 unspecified atom stereocenters. The largest absolute Gasteiger partial charge is 0.354 e. The fourth-order valence-corrected chi connectivity index (χ4v) is 3.58. The highest BCUT2D eigenvalue weighted by Gasteiger charge is 2.29. The Kier molecular flexibility index (Phi) is 6.17. The number of hydrogen-bond donors (Lipinski definition) is 1. The maximum Gasteiger partial charge on any atom is 0.238 e. The molecule has 0 aliphatic carbocycles. The maximum absolute atomic E-state index is 12.1. The lowest BCUT2D eigenvalue weighted by molar-refractivity contribution is -0.120. The third-order valence-corrected chi connectivity index (χ3v) is 6.17. The van der Waals surface area contributed by atoms with Gasteiger partial charge in [0, 0.05) is 12.0 Å². The molecule has 0 bridgehead atoms. The minimum Gasteiger partial charge on any atom is -0.354 e. The van der Waals surface area contributed by atoms with Crippen LogP contribution in [-0.4, -0.2) is 31.9 Å². The maximum atomic E-state index is 12.1. The summed E-state index contributed by atoms with van der Waals surface area (Å²) in [6.45, 7) is 9.75. The van der Waals surface area contributed by atoms with Gasteiger partial charge >= 0.3 is 0 Å². The second kappa shape index (κ2) is 7.27. The van der Waals surface area contributed by atoms with Gasteiger partial charge in [-0.3, -0.25) is 4.79 Å². The van der Waals surface area contributed by atoms with E-state index in [4.69, 9.17) is 0 Å². The second-order valence-corrected chi connectivity index (χ2v) is 8.92. The molecular weight excluding hydrogens is 298 g/mol. The molecular formula is C17H27NO3S. The lowest BCUT2D eigenvalue weighted by Crippen LogP contribution is -2.44. The molecule has 0 aliphatic heterocycles. The summed E-state index contributed by atoms with van der Waals surface area (Å²) in [5.74, 6) is -0.378. The number of benzene rings is 1. The molecule has 0 radical (unpaired) electrons. The van der Waals surface area contributed by atoms with Crippen molar-refractivity contribution in [3.05, 3.63) is 35.4 Å². The Morgan fingerprint density at radius 1 is 1.32 bits per heavy atom. The number of carbonyl (C=O) groups excluding carboxylic acids is 1. The molecule has 5 heteroatoms. The monoisotopic (exact) mass is 325 g/mol. The number of amides is 1. The van der Waals surface area contributed by atoms with Gasteiger partial charge < -0.3 is 5.32 Å². The summed E-state index contributed by atoms with van der Waals surface area (Å²) < 4.78 is 23.9.